The van der Waals surface area contributed by atoms with E-state index in [9.17, 15) is 4.39 Å². The summed E-state index contributed by atoms with van der Waals surface area (Å²) in [7, 11) is 0. The zero-order chi connectivity index (χ0) is 13.0. The van der Waals surface area contributed by atoms with Crippen molar-refractivity contribution in [1.82, 2.24) is 10.2 Å². The molecule has 94 valence electrons. The fourth-order valence-electron chi connectivity index (χ4n) is 1.72. The number of rotatable bonds is 4. The predicted molar refractivity (Wildman–Crippen MR) is 70.9 cm³/mol. The lowest BCUT2D eigenvalue weighted by molar-refractivity contribution is 0.628. The molecule has 0 spiro atoms. The molecule has 1 N–H and O–H groups in total. The van der Waals surface area contributed by atoms with Gasteiger partial charge in [0, 0.05) is 12.1 Å². The van der Waals surface area contributed by atoms with Crippen molar-refractivity contribution in [3.63, 3.8) is 0 Å². The van der Waals surface area contributed by atoms with Crippen LogP contribution in [0.2, 0.25) is 0 Å². The van der Waals surface area contributed by atoms with Crippen molar-refractivity contribution >= 4 is 5.82 Å². The molecule has 0 aliphatic rings. The first-order valence-corrected chi connectivity index (χ1v) is 6.05. The average Bonchev–Trinajstić information content (AvgIpc) is 2.38. The molecule has 0 radical (unpaired) electrons. The summed E-state index contributed by atoms with van der Waals surface area (Å²) in [6.07, 6.45) is 1.04. The summed E-state index contributed by atoms with van der Waals surface area (Å²) in [6.45, 7) is 4.95. The predicted octanol–water partition coefficient (Wildman–Crippen LogP) is 3.41. The molecular weight excluding hydrogens is 229 g/mol. The Hall–Kier alpha value is -1.97. The minimum Gasteiger partial charge on any atom is -0.369 e. The van der Waals surface area contributed by atoms with Gasteiger partial charge in [-0.05, 0) is 49.2 Å². The number of nitrogens with zero attached hydrogens (tertiary/aromatic N) is 2. The highest BCUT2D eigenvalue weighted by atomic mass is 19.1. The Morgan fingerprint density at radius 3 is 2.50 bits per heavy atom. The zero-order valence-corrected chi connectivity index (χ0v) is 10.6. The molecule has 18 heavy (non-hydrogen) atoms. The first-order valence-electron chi connectivity index (χ1n) is 6.05. The van der Waals surface area contributed by atoms with Gasteiger partial charge >= 0.3 is 0 Å². The van der Waals surface area contributed by atoms with E-state index in [4.69, 9.17) is 0 Å². The smallest absolute Gasteiger partial charge is 0.148 e. The van der Waals surface area contributed by atoms with Crippen molar-refractivity contribution in [2.45, 2.75) is 20.3 Å². The summed E-state index contributed by atoms with van der Waals surface area (Å²) in [6, 6.07) is 8.25. The van der Waals surface area contributed by atoms with Gasteiger partial charge < -0.3 is 5.32 Å². The van der Waals surface area contributed by atoms with E-state index in [1.54, 1.807) is 12.1 Å². The highest BCUT2D eigenvalue weighted by Gasteiger charge is 2.06. The molecule has 4 heteroatoms. The number of benzene rings is 1. The molecule has 0 bridgehead atoms. The molecule has 0 fully saturated rings. The van der Waals surface area contributed by atoms with E-state index in [-0.39, 0.29) is 5.82 Å². The molecule has 3 nitrogen and oxygen atoms in total. The van der Waals surface area contributed by atoms with Crippen molar-refractivity contribution in [3.8, 4) is 11.3 Å². The van der Waals surface area contributed by atoms with Crippen LogP contribution in [-0.2, 0) is 0 Å². The highest BCUT2D eigenvalue weighted by molar-refractivity contribution is 5.63. The fourth-order valence-corrected chi connectivity index (χ4v) is 1.72. The number of nitrogens with one attached hydrogen (secondary N) is 1. The monoisotopic (exact) mass is 245 g/mol. The minimum atomic E-state index is -0.245. The second-order valence-electron chi connectivity index (χ2n) is 4.19. The first-order chi connectivity index (χ1) is 8.70. The van der Waals surface area contributed by atoms with Crippen molar-refractivity contribution in [2.24, 2.45) is 0 Å². The van der Waals surface area contributed by atoms with Crippen LogP contribution >= 0.6 is 0 Å². The molecular formula is C14H16FN3. The maximum Gasteiger partial charge on any atom is 0.148 e. The van der Waals surface area contributed by atoms with Gasteiger partial charge in [0.1, 0.15) is 11.6 Å². The van der Waals surface area contributed by atoms with E-state index >= 15 is 0 Å². The van der Waals surface area contributed by atoms with Crippen molar-refractivity contribution in [3.05, 3.63) is 41.7 Å². The Morgan fingerprint density at radius 1 is 1.17 bits per heavy atom. The van der Waals surface area contributed by atoms with Crippen LogP contribution in [0.3, 0.4) is 0 Å². The van der Waals surface area contributed by atoms with Gasteiger partial charge in [-0.3, -0.25) is 0 Å². The van der Waals surface area contributed by atoms with E-state index in [1.807, 2.05) is 13.0 Å². The zero-order valence-electron chi connectivity index (χ0n) is 10.6. The third-order valence-electron chi connectivity index (χ3n) is 2.66. The maximum atomic E-state index is 12.9. The van der Waals surface area contributed by atoms with Gasteiger partial charge in [-0.15, -0.1) is 10.2 Å². The van der Waals surface area contributed by atoms with Crippen LogP contribution in [0.25, 0.3) is 11.3 Å². The number of aryl methyl sites for hydroxylation is 1. The molecule has 2 aromatic rings. The lowest BCUT2D eigenvalue weighted by Crippen LogP contribution is -2.04. The Bertz CT molecular complexity index is 523. The first kappa shape index (κ1) is 12.5. The summed E-state index contributed by atoms with van der Waals surface area (Å²) in [5, 5.41) is 11.5. The Balaban J connectivity index is 2.26. The van der Waals surface area contributed by atoms with Crippen LogP contribution in [-0.4, -0.2) is 16.7 Å². The summed E-state index contributed by atoms with van der Waals surface area (Å²) >= 11 is 0. The quantitative estimate of drug-likeness (QED) is 0.897. The summed E-state index contributed by atoms with van der Waals surface area (Å²) < 4.78 is 12.9. The molecule has 0 atom stereocenters. The third kappa shape index (κ3) is 2.83. The number of hydrogen-bond donors (Lipinski definition) is 1. The summed E-state index contributed by atoms with van der Waals surface area (Å²) in [4.78, 5) is 0. The van der Waals surface area contributed by atoms with Gasteiger partial charge in [0.25, 0.3) is 0 Å². The maximum absolute atomic E-state index is 12.9. The molecule has 1 aromatic carbocycles. The van der Waals surface area contributed by atoms with Gasteiger partial charge in [0.15, 0.2) is 0 Å². The highest BCUT2D eigenvalue weighted by Crippen LogP contribution is 2.21. The van der Waals surface area contributed by atoms with Gasteiger partial charge in [0.05, 0.1) is 5.69 Å². The average molecular weight is 245 g/mol. The van der Waals surface area contributed by atoms with E-state index in [1.165, 1.54) is 12.1 Å². The minimum absolute atomic E-state index is 0.245. The van der Waals surface area contributed by atoms with Gasteiger partial charge in [0.2, 0.25) is 0 Å². The lowest BCUT2D eigenvalue weighted by Gasteiger charge is -2.07. The van der Waals surface area contributed by atoms with Crippen LogP contribution in [0.4, 0.5) is 10.2 Å². The van der Waals surface area contributed by atoms with Gasteiger partial charge in [-0.1, -0.05) is 6.92 Å². The third-order valence-corrected chi connectivity index (χ3v) is 2.66. The van der Waals surface area contributed by atoms with Crippen LogP contribution in [0.15, 0.2) is 30.3 Å². The van der Waals surface area contributed by atoms with Gasteiger partial charge in [-0.25, -0.2) is 4.39 Å². The molecule has 2 rings (SSSR count). The summed E-state index contributed by atoms with van der Waals surface area (Å²) in [5.74, 6) is 0.533. The van der Waals surface area contributed by atoms with Crippen molar-refractivity contribution in [1.29, 1.82) is 0 Å². The van der Waals surface area contributed by atoms with E-state index in [0.29, 0.717) is 0 Å². The van der Waals surface area contributed by atoms with E-state index in [2.05, 4.69) is 22.4 Å². The number of aromatic nitrogens is 2. The topological polar surface area (TPSA) is 37.8 Å². The second-order valence-corrected chi connectivity index (χ2v) is 4.19. The van der Waals surface area contributed by atoms with E-state index in [0.717, 1.165) is 35.6 Å². The van der Waals surface area contributed by atoms with Gasteiger partial charge in [-0.2, -0.15) is 0 Å². The largest absolute Gasteiger partial charge is 0.369 e. The molecule has 0 amide bonds. The second kappa shape index (κ2) is 5.58. The van der Waals surface area contributed by atoms with Crippen LogP contribution < -0.4 is 5.32 Å². The molecule has 0 aliphatic heterocycles. The summed E-state index contributed by atoms with van der Waals surface area (Å²) in [5.41, 5.74) is 2.69. The molecule has 1 heterocycles. The number of hydrogen-bond acceptors (Lipinski definition) is 3. The van der Waals surface area contributed by atoms with Crippen LogP contribution in [0, 0.1) is 12.7 Å². The number of halogens is 1. The van der Waals surface area contributed by atoms with Crippen LogP contribution in [0.5, 0.6) is 0 Å². The number of anilines is 1. The lowest BCUT2D eigenvalue weighted by atomic mass is 10.1. The Labute approximate surface area is 106 Å². The normalized spacial score (nSPS) is 10.4. The molecule has 0 unspecified atom stereocenters. The SMILES string of the molecule is CCCNc1cc(C)c(-c2ccc(F)cc2)nn1. The van der Waals surface area contributed by atoms with E-state index < -0.39 is 0 Å². The molecule has 0 aliphatic carbocycles. The van der Waals surface area contributed by atoms with Crippen LogP contribution in [0.1, 0.15) is 18.9 Å². The molecule has 0 saturated carbocycles. The van der Waals surface area contributed by atoms with Crippen molar-refractivity contribution < 1.29 is 4.39 Å². The fraction of sp³-hybridized carbons (Fsp3) is 0.286. The Kier molecular flexibility index (Phi) is 3.87. The molecule has 1 aromatic heterocycles. The van der Waals surface area contributed by atoms with Crippen molar-refractivity contribution in [2.75, 3.05) is 11.9 Å². The molecule has 0 saturated heterocycles. The standard InChI is InChI=1S/C14H16FN3/c1-3-8-16-13-9-10(2)14(18-17-13)11-4-6-12(15)7-5-11/h4-7,9H,3,8H2,1-2H3,(H,16,17). The Morgan fingerprint density at radius 2 is 1.89 bits per heavy atom.